The standard InChI is InChI=1S/C26H27ClN6O/c1-19(27)26(34)32-14-8-13-31(15-16-32)24-22-18-28-33(21-11-6-3-7-12-21)25(22)30-23(29-24)17-20-9-4-2-5-10-20/h2-7,9-12,18-19H,8,13-17H2,1H3/t19-/m1/s1. The molecule has 0 saturated carbocycles. The van der Waals surface area contributed by atoms with Gasteiger partial charge in [-0.05, 0) is 31.0 Å². The lowest BCUT2D eigenvalue weighted by atomic mass is 10.1. The molecule has 1 amide bonds. The zero-order valence-corrected chi connectivity index (χ0v) is 19.9. The molecule has 174 valence electrons. The van der Waals surface area contributed by atoms with Crippen molar-refractivity contribution in [1.82, 2.24) is 24.6 Å². The zero-order valence-electron chi connectivity index (χ0n) is 19.1. The minimum Gasteiger partial charge on any atom is -0.354 e. The Kier molecular flexibility index (Phi) is 6.45. The van der Waals surface area contributed by atoms with Crippen molar-refractivity contribution in [3.8, 4) is 5.69 Å². The first kappa shape index (κ1) is 22.3. The van der Waals surface area contributed by atoms with E-state index in [4.69, 9.17) is 21.6 Å². The van der Waals surface area contributed by atoms with Crippen molar-refractivity contribution in [3.63, 3.8) is 0 Å². The summed E-state index contributed by atoms with van der Waals surface area (Å²) in [7, 11) is 0. The van der Waals surface area contributed by atoms with E-state index in [-0.39, 0.29) is 5.91 Å². The Bertz CT molecular complexity index is 1270. The number of carbonyl (C=O) groups excluding carboxylic acids is 1. The van der Waals surface area contributed by atoms with E-state index in [1.165, 1.54) is 0 Å². The molecule has 1 aliphatic rings. The molecule has 0 unspecified atom stereocenters. The number of rotatable bonds is 5. The van der Waals surface area contributed by atoms with E-state index in [0.717, 1.165) is 46.9 Å². The van der Waals surface area contributed by atoms with Crippen molar-refractivity contribution in [1.29, 1.82) is 0 Å². The van der Waals surface area contributed by atoms with Crippen molar-refractivity contribution in [3.05, 3.63) is 78.2 Å². The number of benzene rings is 2. The fourth-order valence-corrected chi connectivity index (χ4v) is 4.53. The van der Waals surface area contributed by atoms with Gasteiger partial charge in [0.1, 0.15) is 17.0 Å². The molecule has 7 nitrogen and oxygen atoms in total. The molecule has 1 aliphatic heterocycles. The SMILES string of the molecule is C[C@@H](Cl)C(=O)N1CCCN(c2nc(Cc3ccccc3)nc3c2cnn3-c2ccccc2)CC1. The van der Waals surface area contributed by atoms with Gasteiger partial charge in [0, 0.05) is 32.6 Å². The Morgan fingerprint density at radius 1 is 0.971 bits per heavy atom. The highest BCUT2D eigenvalue weighted by Gasteiger charge is 2.25. The van der Waals surface area contributed by atoms with Crippen molar-refractivity contribution < 1.29 is 4.79 Å². The van der Waals surface area contributed by atoms with Crippen molar-refractivity contribution >= 4 is 34.4 Å². The lowest BCUT2D eigenvalue weighted by Gasteiger charge is -2.24. The summed E-state index contributed by atoms with van der Waals surface area (Å²) in [6.07, 6.45) is 3.33. The molecule has 1 saturated heterocycles. The maximum atomic E-state index is 12.5. The summed E-state index contributed by atoms with van der Waals surface area (Å²) in [5.74, 6) is 1.60. The number of anilines is 1. The first-order valence-corrected chi connectivity index (χ1v) is 12.1. The second-order valence-electron chi connectivity index (χ2n) is 8.54. The molecule has 1 fully saturated rings. The molecule has 0 N–H and O–H groups in total. The normalized spacial score (nSPS) is 15.4. The van der Waals surface area contributed by atoms with E-state index in [0.29, 0.717) is 26.1 Å². The summed E-state index contributed by atoms with van der Waals surface area (Å²) in [5.41, 5.74) is 2.90. The number of halogens is 1. The van der Waals surface area contributed by atoms with Crippen LogP contribution < -0.4 is 4.90 Å². The van der Waals surface area contributed by atoms with E-state index in [9.17, 15) is 4.79 Å². The van der Waals surface area contributed by atoms with Crippen LogP contribution in [-0.2, 0) is 11.2 Å². The second kappa shape index (κ2) is 9.81. The fourth-order valence-electron chi connectivity index (χ4n) is 4.39. The van der Waals surface area contributed by atoms with Crippen molar-refractivity contribution in [2.45, 2.75) is 25.1 Å². The second-order valence-corrected chi connectivity index (χ2v) is 9.19. The molecule has 1 atom stereocenters. The molecule has 0 spiro atoms. The Morgan fingerprint density at radius 3 is 2.44 bits per heavy atom. The molecule has 0 bridgehead atoms. The van der Waals surface area contributed by atoms with Gasteiger partial charge in [-0.1, -0.05) is 48.5 Å². The van der Waals surface area contributed by atoms with Crippen LogP contribution in [0.2, 0.25) is 0 Å². The van der Waals surface area contributed by atoms with E-state index in [2.05, 4.69) is 22.1 Å². The Labute approximate surface area is 204 Å². The number of nitrogens with zero attached hydrogens (tertiary/aromatic N) is 6. The molecular formula is C26H27ClN6O. The van der Waals surface area contributed by atoms with Crippen LogP contribution in [-0.4, -0.2) is 62.1 Å². The molecular weight excluding hydrogens is 448 g/mol. The van der Waals surface area contributed by atoms with E-state index < -0.39 is 5.38 Å². The number of para-hydroxylation sites is 1. The summed E-state index contributed by atoms with van der Waals surface area (Å²) >= 11 is 6.07. The summed E-state index contributed by atoms with van der Waals surface area (Å²) < 4.78 is 1.87. The highest BCUT2D eigenvalue weighted by atomic mass is 35.5. The number of fused-ring (bicyclic) bond motifs is 1. The summed E-state index contributed by atoms with van der Waals surface area (Å²) in [5, 5.41) is 5.06. The van der Waals surface area contributed by atoms with Gasteiger partial charge in [-0.25, -0.2) is 14.6 Å². The Morgan fingerprint density at radius 2 is 1.71 bits per heavy atom. The molecule has 5 rings (SSSR count). The molecule has 2 aromatic heterocycles. The van der Waals surface area contributed by atoms with Crippen LogP contribution in [0.25, 0.3) is 16.7 Å². The van der Waals surface area contributed by atoms with E-state index in [1.807, 2.05) is 64.3 Å². The minimum atomic E-state index is -0.515. The molecule has 0 radical (unpaired) electrons. The zero-order chi connectivity index (χ0) is 23.5. The molecule has 2 aromatic carbocycles. The summed E-state index contributed by atoms with van der Waals surface area (Å²) in [4.78, 5) is 26.5. The average Bonchev–Trinajstić information content (AvgIpc) is 3.13. The van der Waals surface area contributed by atoms with Crippen LogP contribution in [0.4, 0.5) is 5.82 Å². The fraction of sp³-hybridized carbons (Fsp3) is 0.308. The molecule has 0 aliphatic carbocycles. The molecule has 8 heteroatoms. The van der Waals surface area contributed by atoms with Crippen molar-refractivity contribution in [2.75, 3.05) is 31.1 Å². The number of aromatic nitrogens is 4. The van der Waals surface area contributed by atoms with Crippen LogP contribution in [0.15, 0.2) is 66.9 Å². The molecule has 34 heavy (non-hydrogen) atoms. The largest absolute Gasteiger partial charge is 0.354 e. The van der Waals surface area contributed by atoms with Gasteiger partial charge in [-0.3, -0.25) is 4.79 Å². The van der Waals surface area contributed by atoms with Crippen LogP contribution in [0.1, 0.15) is 24.7 Å². The van der Waals surface area contributed by atoms with Crippen molar-refractivity contribution in [2.24, 2.45) is 0 Å². The molecule has 3 heterocycles. The lowest BCUT2D eigenvalue weighted by Crippen LogP contribution is -2.38. The van der Waals surface area contributed by atoms with Gasteiger partial charge in [-0.2, -0.15) is 5.10 Å². The van der Waals surface area contributed by atoms with Crippen LogP contribution in [0.3, 0.4) is 0 Å². The van der Waals surface area contributed by atoms with Gasteiger partial charge in [0.05, 0.1) is 17.3 Å². The van der Waals surface area contributed by atoms with Gasteiger partial charge < -0.3 is 9.80 Å². The lowest BCUT2D eigenvalue weighted by molar-refractivity contribution is -0.130. The molecule has 4 aromatic rings. The highest BCUT2D eigenvalue weighted by molar-refractivity contribution is 6.30. The summed E-state index contributed by atoms with van der Waals surface area (Å²) in [6.45, 7) is 4.52. The topological polar surface area (TPSA) is 67.2 Å². The first-order chi connectivity index (χ1) is 16.6. The average molecular weight is 475 g/mol. The quantitative estimate of drug-likeness (QED) is 0.408. The number of hydrogen-bond donors (Lipinski definition) is 0. The minimum absolute atomic E-state index is 0.0157. The third kappa shape index (κ3) is 4.61. The number of carbonyl (C=O) groups is 1. The smallest absolute Gasteiger partial charge is 0.240 e. The van der Waals surface area contributed by atoms with Gasteiger partial charge in [0.25, 0.3) is 0 Å². The van der Waals surface area contributed by atoms with Gasteiger partial charge >= 0.3 is 0 Å². The third-order valence-electron chi connectivity index (χ3n) is 6.11. The van der Waals surface area contributed by atoms with E-state index in [1.54, 1.807) is 6.92 Å². The predicted octanol–water partition coefficient (Wildman–Crippen LogP) is 4.07. The Hall–Kier alpha value is -3.45. The monoisotopic (exact) mass is 474 g/mol. The summed E-state index contributed by atoms with van der Waals surface area (Å²) in [6, 6.07) is 20.3. The third-order valence-corrected chi connectivity index (χ3v) is 6.29. The van der Waals surface area contributed by atoms with Crippen LogP contribution in [0, 0.1) is 0 Å². The first-order valence-electron chi connectivity index (χ1n) is 11.6. The number of alkyl halides is 1. The van der Waals surface area contributed by atoms with Gasteiger partial charge in [0.15, 0.2) is 5.65 Å². The van der Waals surface area contributed by atoms with E-state index >= 15 is 0 Å². The van der Waals surface area contributed by atoms with Gasteiger partial charge in [-0.15, -0.1) is 11.6 Å². The number of hydrogen-bond acceptors (Lipinski definition) is 5. The predicted molar refractivity (Wildman–Crippen MR) is 135 cm³/mol. The Balaban J connectivity index is 1.55. The number of amides is 1. The van der Waals surface area contributed by atoms with Crippen LogP contribution >= 0.6 is 11.6 Å². The van der Waals surface area contributed by atoms with Gasteiger partial charge in [0.2, 0.25) is 5.91 Å². The van der Waals surface area contributed by atoms with Crippen LogP contribution in [0.5, 0.6) is 0 Å². The maximum Gasteiger partial charge on any atom is 0.240 e. The highest BCUT2D eigenvalue weighted by Crippen LogP contribution is 2.27. The maximum absolute atomic E-state index is 12.5.